The first kappa shape index (κ1) is 18.1. The van der Waals surface area contributed by atoms with Gasteiger partial charge in [-0.05, 0) is 25.1 Å². The molecule has 0 unspecified atom stereocenters. The molecule has 0 radical (unpaired) electrons. The molecule has 0 saturated carbocycles. The summed E-state index contributed by atoms with van der Waals surface area (Å²) in [5, 5.41) is 3.91. The Kier molecular flexibility index (Phi) is 5.09. The van der Waals surface area contributed by atoms with E-state index in [9.17, 15) is 26.4 Å². The molecule has 10 heteroatoms. The number of alkyl halides is 3. The Balaban J connectivity index is 2.18. The molecule has 0 saturated heterocycles. The predicted octanol–water partition coefficient (Wildman–Crippen LogP) is 1.55. The van der Waals surface area contributed by atoms with E-state index in [-0.39, 0.29) is 13.1 Å². The number of aromatic nitrogens is 2. The standard InChI is InChI=1S/C14H14F3N3O3S/c1-10-6-7-13(21)20(19-10)9-8-18-24(22,23)12-5-3-2-4-11(12)14(15,16)17/h2-7,18H,8-9H2,1H3. The molecule has 0 aliphatic heterocycles. The minimum absolute atomic E-state index is 0.103. The minimum atomic E-state index is -4.79. The number of halogens is 3. The molecule has 0 aliphatic carbocycles. The first-order chi connectivity index (χ1) is 11.1. The molecular weight excluding hydrogens is 347 g/mol. The molecule has 0 bridgehead atoms. The molecule has 0 fully saturated rings. The fourth-order valence-electron chi connectivity index (χ4n) is 2.01. The largest absolute Gasteiger partial charge is 0.417 e. The van der Waals surface area contributed by atoms with Gasteiger partial charge < -0.3 is 0 Å². The first-order valence-corrected chi connectivity index (χ1v) is 8.30. The molecule has 1 aromatic heterocycles. The van der Waals surface area contributed by atoms with Gasteiger partial charge in [-0.15, -0.1) is 0 Å². The van der Waals surface area contributed by atoms with E-state index in [1.54, 1.807) is 6.92 Å². The highest BCUT2D eigenvalue weighted by Gasteiger charge is 2.36. The van der Waals surface area contributed by atoms with Crippen LogP contribution < -0.4 is 10.3 Å². The lowest BCUT2D eigenvalue weighted by Crippen LogP contribution is -2.33. The minimum Gasteiger partial charge on any atom is -0.268 e. The van der Waals surface area contributed by atoms with Crippen molar-refractivity contribution in [1.82, 2.24) is 14.5 Å². The van der Waals surface area contributed by atoms with Gasteiger partial charge in [-0.25, -0.2) is 17.8 Å². The van der Waals surface area contributed by atoms with Gasteiger partial charge >= 0.3 is 6.18 Å². The van der Waals surface area contributed by atoms with Gasteiger partial charge in [-0.3, -0.25) is 4.79 Å². The Morgan fingerprint density at radius 3 is 2.50 bits per heavy atom. The molecule has 1 heterocycles. The summed E-state index contributed by atoms with van der Waals surface area (Å²) in [6, 6.07) is 6.66. The predicted molar refractivity (Wildman–Crippen MR) is 79.9 cm³/mol. The van der Waals surface area contributed by atoms with E-state index in [0.717, 1.165) is 16.8 Å². The highest BCUT2D eigenvalue weighted by molar-refractivity contribution is 7.89. The quantitative estimate of drug-likeness (QED) is 0.876. The van der Waals surface area contributed by atoms with Crippen LogP contribution in [0.4, 0.5) is 13.2 Å². The molecule has 0 spiro atoms. The van der Waals surface area contributed by atoms with Crippen molar-refractivity contribution in [3.63, 3.8) is 0 Å². The van der Waals surface area contributed by atoms with Crippen molar-refractivity contribution >= 4 is 10.0 Å². The SMILES string of the molecule is Cc1ccc(=O)n(CCNS(=O)(=O)c2ccccc2C(F)(F)F)n1. The monoisotopic (exact) mass is 361 g/mol. The average molecular weight is 361 g/mol. The lowest BCUT2D eigenvalue weighted by atomic mass is 10.2. The molecule has 2 rings (SSSR count). The third-order valence-electron chi connectivity index (χ3n) is 3.10. The second-order valence-electron chi connectivity index (χ2n) is 4.93. The molecule has 6 nitrogen and oxygen atoms in total. The van der Waals surface area contributed by atoms with Crippen LogP contribution in [0.5, 0.6) is 0 Å². The van der Waals surface area contributed by atoms with Crippen molar-refractivity contribution in [2.45, 2.75) is 24.5 Å². The summed E-state index contributed by atoms with van der Waals surface area (Å²) < 4.78 is 66.1. The fourth-order valence-corrected chi connectivity index (χ4v) is 3.26. The zero-order chi connectivity index (χ0) is 18.0. The van der Waals surface area contributed by atoms with E-state index in [1.807, 2.05) is 0 Å². The maximum absolute atomic E-state index is 12.9. The van der Waals surface area contributed by atoms with Crippen LogP contribution in [0.3, 0.4) is 0 Å². The average Bonchev–Trinajstić information content (AvgIpc) is 2.50. The molecular formula is C14H14F3N3O3S. The molecule has 0 aliphatic rings. The van der Waals surface area contributed by atoms with Gasteiger partial charge in [0, 0.05) is 12.6 Å². The smallest absolute Gasteiger partial charge is 0.268 e. The van der Waals surface area contributed by atoms with Crippen molar-refractivity contribution in [2.24, 2.45) is 0 Å². The van der Waals surface area contributed by atoms with Crippen molar-refractivity contribution in [2.75, 3.05) is 6.54 Å². The Hall–Kier alpha value is -2.20. The highest BCUT2D eigenvalue weighted by Crippen LogP contribution is 2.33. The first-order valence-electron chi connectivity index (χ1n) is 6.82. The summed E-state index contributed by atoms with van der Waals surface area (Å²) >= 11 is 0. The van der Waals surface area contributed by atoms with Crippen LogP contribution in [0.25, 0.3) is 0 Å². The summed E-state index contributed by atoms with van der Waals surface area (Å²) in [6.45, 7) is 1.28. The highest BCUT2D eigenvalue weighted by atomic mass is 32.2. The van der Waals surface area contributed by atoms with Crippen molar-refractivity contribution in [3.8, 4) is 0 Å². The maximum Gasteiger partial charge on any atom is 0.417 e. The van der Waals surface area contributed by atoms with Crippen molar-refractivity contribution in [1.29, 1.82) is 0 Å². The topological polar surface area (TPSA) is 81.1 Å². The maximum atomic E-state index is 12.9. The van der Waals surface area contributed by atoms with E-state index < -0.39 is 32.2 Å². The summed E-state index contributed by atoms with van der Waals surface area (Å²) in [5.74, 6) is 0. The lowest BCUT2D eigenvalue weighted by Gasteiger charge is -2.13. The van der Waals surface area contributed by atoms with Gasteiger partial charge in [-0.2, -0.15) is 18.3 Å². The number of sulfonamides is 1. The summed E-state index contributed by atoms with van der Waals surface area (Å²) in [5.41, 5.74) is -1.13. The number of nitrogens with one attached hydrogen (secondary N) is 1. The summed E-state index contributed by atoms with van der Waals surface area (Å²) in [7, 11) is -4.38. The Bertz CT molecular complexity index is 892. The van der Waals surface area contributed by atoms with Crippen LogP contribution in [0.15, 0.2) is 46.1 Å². The second kappa shape index (κ2) is 6.73. The van der Waals surface area contributed by atoms with E-state index in [0.29, 0.717) is 11.8 Å². The van der Waals surface area contributed by atoms with Crippen LogP contribution in [0, 0.1) is 6.92 Å². The van der Waals surface area contributed by atoms with Crippen molar-refractivity contribution < 1.29 is 21.6 Å². The number of aryl methyl sites for hydroxylation is 1. The number of hydrogen-bond donors (Lipinski definition) is 1. The third-order valence-corrected chi connectivity index (χ3v) is 4.62. The number of hydrogen-bond acceptors (Lipinski definition) is 4. The number of rotatable bonds is 5. The molecule has 1 aromatic carbocycles. The molecule has 130 valence electrons. The van der Waals surface area contributed by atoms with Crippen molar-refractivity contribution in [3.05, 3.63) is 58.0 Å². The number of nitrogens with zero attached hydrogens (tertiary/aromatic N) is 2. The van der Waals surface area contributed by atoms with Gasteiger partial charge in [0.25, 0.3) is 5.56 Å². The summed E-state index contributed by atoms with van der Waals surface area (Å²) in [4.78, 5) is 10.7. The molecule has 1 N–H and O–H groups in total. The molecule has 0 amide bonds. The zero-order valence-electron chi connectivity index (χ0n) is 12.5. The summed E-state index contributed by atoms with van der Waals surface area (Å²) in [6.07, 6.45) is -4.79. The molecule has 24 heavy (non-hydrogen) atoms. The Morgan fingerprint density at radius 2 is 1.83 bits per heavy atom. The zero-order valence-corrected chi connectivity index (χ0v) is 13.4. The fraction of sp³-hybridized carbons (Fsp3) is 0.286. The Morgan fingerprint density at radius 1 is 1.17 bits per heavy atom. The van der Waals surface area contributed by atoms with Crippen LogP contribution in [0.2, 0.25) is 0 Å². The van der Waals surface area contributed by atoms with E-state index in [4.69, 9.17) is 0 Å². The van der Waals surface area contributed by atoms with Gasteiger partial charge in [0.15, 0.2) is 0 Å². The Labute approximate surface area is 136 Å². The second-order valence-corrected chi connectivity index (χ2v) is 6.66. The van der Waals surface area contributed by atoms with Gasteiger partial charge in [0.05, 0.1) is 22.7 Å². The van der Waals surface area contributed by atoms with Crippen LogP contribution in [-0.4, -0.2) is 24.7 Å². The molecule has 0 atom stereocenters. The molecule has 2 aromatic rings. The van der Waals surface area contributed by atoms with Crippen LogP contribution in [-0.2, 0) is 22.7 Å². The van der Waals surface area contributed by atoms with Crippen LogP contribution >= 0.6 is 0 Å². The van der Waals surface area contributed by atoms with Gasteiger partial charge in [0.1, 0.15) is 0 Å². The van der Waals surface area contributed by atoms with Gasteiger partial charge in [-0.1, -0.05) is 12.1 Å². The van der Waals surface area contributed by atoms with E-state index in [1.165, 1.54) is 18.2 Å². The number of benzene rings is 1. The normalized spacial score (nSPS) is 12.3. The van der Waals surface area contributed by atoms with E-state index >= 15 is 0 Å². The third kappa shape index (κ3) is 4.20. The van der Waals surface area contributed by atoms with Gasteiger partial charge in [0.2, 0.25) is 10.0 Å². The van der Waals surface area contributed by atoms with E-state index in [2.05, 4.69) is 9.82 Å². The lowest BCUT2D eigenvalue weighted by molar-refractivity contribution is -0.139. The van der Waals surface area contributed by atoms with Crippen LogP contribution in [0.1, 0.15) is 11.3 Å².